The molecular formula is C18H17Cl2NO2. The largest absolute Gasteiger partial charge is 0.303 e. The lowest BCUT2D eigenvalue weighted by Crippen LogP contribution is -2.37. The lowest BCUT2D eigenvalue weighted by molar-refractivity contribution is -0.116. The van der Waals surface area contributed by atoms with Crippen LogP contribution < -0.4 is 4.90 Å². The summed E-state index contributed by atoms with van der Waals surface area (Å²) in [5.74, 6) is -0.643. The number of benzene rings is 2. The normalized spacial score (nSPS) is 10.4. The summed E-state index contributed by atoms with van der Waals surface area (Å²) < 4.78 is 0. The molecule has 0 fully saturated rings. The maximum Gasteiger partial charge on any atom is 0.242 e. The summed E-state index contributed by atoms with van der Waals surface area (Å²) in [6, 6.07) is 12.3. The predicted molar refractivity (Wildman–Crippen MR) is 94.8 cm³/mol. The van der Waals surface area contributed by atoms with Crippen LogP contribution in [0.2, 0.25) is 5.02 Å². The number of ketones is 1. The van der Waals surface area contributed by atoms with Gasteiger partial charge in [-0.05, 0) is 49.2 Å². The van der Waals surface area contributed by atoms with Crippen LogP contribution in [-0.4, -0.2) is 24.1 Å². The van der Waals surface area contributed by atoms with E-state index in [0.29, 0.717) is 10.6 Å². The second-order valence-corrected chi connectivity index (χ2v) is 5.99. The van der Waals surface area contributed by atoms with E-state index in [4.69, 9.17) is 23.2 Å². The van der Waals surface area contributed by atoms with Crippen LogP contribution in [0.5, 0.6) is 0 Å². The Morgan fingerprint density at radius 2 is 1.57 bits per heavy atom. The molecule has 0 spiro atoms. The number of nitrogens with zero attached hydrogens (tertiary/aromatic N) is 1. The van der Waals surface area contributed by atoms with E-state index in [1.54, 1.807) is 24.3 Å². The Labute approximate surface area is 145 Å². The monoisotopic (exact) mass is 349 g/mol. The van der Waals surface area contributed by atoms with Crippen LogP contribution >= 0.6 is 23.2 Å². The molecule has 0 aliphatic heterocycles. The molecule has 2 aromatic rings. The molecule has 5 heteroatoms. The van der Waals surface area contributed by atoms with E-state index in [1.165, 1.54) is 4.90 Å². The molecular weight excluding hydrogens is 333 g/mol. The molecule has 0 unspecified atom stereocenters. The summed E-state index contributed by atoms with van der Waals surface area (Å²) in [4.78, 5) is 26.2. The maximum atomic E-state index is 12.5. The summed E-state index contributed by atoms with van der Waals surface area (Å²) in [6.45, 7) is 3.76. The van der Waals surface area contributed by atoms with Gasteiger partial charge in [-0.2, -0.15) is 0 Å². The lowest BCUT2D eigenvalue weighted by atomic mass is 10.1. The second kappa shape index (κ2) is 7.62. The third-order valence-electron chi connectivity index (χ3n) is 3.59. The minimum atomic E-state index is -0.300. The second-order valence-electron chi connectivity index (χ2n) is 5.28. The van der Waals surface area contributed by atoms with Crippen LogP contribution in [-0.2, 0) is 4.79 Å². The van der Waals surface area contributed by atoms with Crippen molar-refractivity contribution in [1.82, 2.24) is 0 Å². The van der Waals surface area contributed by atoms with Gasteiger partial charge in [0.25, 0.3) is 0 Å². The van der Waals surface area contributed by atoms with Crippen molar-refractivity contribution in [3.05, 3.63) is 64.2 Å². The molecule has 0 heterocycles. The minimum Gasteiger partial charge on any atom is -0.303 e. The van der Waals surface area contributed by atoms with Crippen molar-refractivity contribution in [2.75, 3.05) is 17.3 Å². The van der Waals surface area contributed by atoms with Gasteiger partial charge in [-0.3, -0.25) is 9.59 Å². The van der Waals surface area contributed by atoms with Crippen LogP contribution in [0.1, 0.15) is 21.5 Å². The lowest BCUT2D eigenvalue weighted by Gasteiger charge is -2.25. The van der Waals surface area contributed by atoms with E-state index >= 15 is 0 Å². The number of para-hydroxylation sites is 1. The Morgan fingerprint density at radius 3 is 2.09 bits per heavy atom. The predicted octanol–water partition coefficient (Wildman–Crippen LogP) is 4.41. The van der Waals surface area contributed by atoms with Gasteiger partial charge in [-0.15, -0.1) is 11.6 Å². The zero-order valence-electron chi connectivity index (χ0n) is 13.0. The summed E-state index contributed by atoms with van der Waals surface area (Å²) in [5, 5.41) is 0.560. The van der Waals surface area contributed by atoms with Crippen LogP contribution in [0.25, 0.3) is 0 Å². The number of hydrogen-bond acceptors (Lipinski definition) is 2. The molecule has 0 atom stereocenters. The number of aryl methyl sites for hydroxylation is 2. The highest BCUT2D eigenvalue weighted by atomic mass is 35.5. The molecule has 3 nitrogen and oxygen atoms in total. The number of halogens is 2. The molecule has 0 aliphatic rings. The smallest absolute Gasteiger partial charge is 0.242 e. The van der Waals surface area contributed by atoms with Crippen molar-refractivity contribution in [3.8, 4) is 0 Å². The van der Waals surface area contributed by atoms with Gasteiger partial charge < -0.3 is 4.90 Å². The molecule has 0 aromatic heterocycles. The van der Waals surface area contributed by atoms with E-state index in [-0.39, 0.29) is 24.1 Å². The van der Waals surface area contributed by atoms with Crippen molar-refractivity contribution in [2.45, 2.75) is 13.8 Å². The number of carbonyl (C=O) groups is 2. The standard InChI is InChI=1S/C18H17Cl2NO2/c1-12-4-3-5-13(2)18(12)21(17(23)10-19)11-16(22)14-6-8-15(20)9-7-14/h3-9H,10-11H2,1-2H3. The van der Waals surface area contributed by atoms with Gasteiger partial charge in [0, 0.05) is 10.6 Å². The first kappa shape index (κ1) is 17.5. The van der Waals surface area contributed by atoms with Gasteiger partial charge in [0.1, 0.15) is 5.88 Å². The topological polar surface area (TPSA) is 37.4 Å². The molecule has 0 bridgehead atoms. The number of anilines is 1. The molecule has 23 heavy (non-hydrogen) atoms. The Balaban J connectivity index is 2.35. The molecule has 2 rings (SSSR count). The summed E-state index contributed by atoms with van der Waals surface area (Å²) in [7, 11) is 0. The van der Waals surface area contributed by atoms with Gasteiger partial charge in [0.2, 0.25) is 5.91 Å². The highest BCUT2D eigenvalue weighted by molar-refractivity contribution is 6.31. The van der Waals surface area contributed by atoms with Crippen LogP contribution in [0, 0.1) is 13.8 Å². The Hall–Kier alpha value is -1.84. The quantitative estimate of drug-likeness (QED) is 0.592. The zero-order chi connectivity index (χ0) is 17.0. The highest BCUT2D eigenvalue weighted by Crippen LogP contribution is 2.25. The van der Waals surface area contributed by atoms with Crippen molar-refractivity contribution in [3.63, 3.8) is 0 Å². The molecule has 2 aromatic carbocycles. The molecule has 0 radical (unpaired) electrons. The van der Waals surface area contributed by atoms with Crippen LogP contribution in [0.4, 0.5) is 5.69 Å². The fraction of sp³-hybridized carbons (Fsp3) is 0.222. The zero-order valence-corrected chi connectivity index (χ0v) is 14.5. The van der Waals surface area contributed by atoms with E-state index in [9.17, 15) is 9.59 Å². The molecule has 0 N–H and O–H groups in total. The summed E-state index contributed by atoms with van der Waals surface area (Å²) >= 11 is 11.6. The van der Waals surface area contributed by atoms with E-state index in [1.807, 2.05) is 32.0 Å². The van der Waals surface area contributed by atoms with Crippen molar-refractivity contribution >= 4 is 40.6 Å². The van der Waals surface area contributed by atoms with Crippen molar-refractivity contribution in [1.29, 1.82) is 0 Å². The molecule has 1 amide bonds. The fourth-order valence-electron chi connectivity index (χ4n) is 2.47. The van der Waals surface area contributed by atoms with Crippen molar-refractivity contribution in [2.24, 2.45) is 0 Å². The Bertz CT molecular complexity index is 706. The third kappa shape index (κ3) is 4.12. The van der Waals surface area contributed by atoms with Gasteiger partial charge >= 0.3 is 0 Å². The summed E-state index contributed by atoms with van der Waals surface area (Å²) in [5.41, 5.74) is 3.09. The molecule has 0 saturated heterocycles. The van der Waals surface area contributed by atoms with Gasteiger partial charge in [0.05, 0.1) is 12.2 Å². The molecule has 0 aliphatic carbocycles. The van der Waals surface area contributed by atoms with E-state index in [2.05, 4.69) is 0 Å². The molecule has 0 saturated carbocycles. The van der Waals surface area contributed by atoms with Crippen LogP contribution in [0.15, 0.2) is 42.5 Å². The SMILES string of the molecule is Cc1cccc(C)c1N(CC(=O)c1ccc(Cl)cc1)C(=O)CCl. The number of hydrogen-bond donors (Lipinski definition) is 0. The van der Waals surface area contributed by atoms with Crippen LogP contribution in [0.3, 0.4) is 0 Å². The number of alkyl halides is 1. The number of carbonyl (C=O) groups excluding carboxylic acids is 2. The summed E-state index contributed by atoms with van der Waals surface area (Å²) in [6.07, 6.45) is 0. The highest BCUT2D eigenvalue weighted by Gasteiger charge is 2.22. The average Bonchev–Trinajstić information content (AvgIpc) is 2.53. The third-order valence-corrected chi connectivity index (χ3v) is 4.07. The Kier molecular flexibility index (Phi) is 5.80. The first-order valence-corrected chi connectivity index (χ1v) is 8.06. The fourth-order valence-corrected chi connectivity index (χ4v) is 2.74. The Morgan fingerprint density at radius 1 is 1.00 bits per heavy atom. The maximum absolute atomic E-state index is 12.5. The molecule has 120 valence electrons. The van der Waals surface area contributed by atoms with Gasteiger partial charge in [-0.1, -0.05) is 29.8 Å². The van der Waals surface area contributed by atoms with Crippen molar-refractivity contribution < 1.29 is 9.59 Å². The number of Topliss-reactive ketones (excluding diaryl/α,β-unsaturated/α-hetero) is 1. The van der Waals surface area contributed by atoms with E-state index in [0.717, 1.165) is 16.8 Å². The first-order chi connectivity index (χ1) is 10.9. The van der Waals surface area contributed by atoms with Gasteiger partial charge in [-0.25, -0.2) is 0 Å². The number of amides is 1. The number of rotatable bonds is 5. The first-order valence-electron chi connectivity index (χ1n) is 7.15. The van der Waals surface area contributed by atoms with E-state index < -0.39 is 0 Å². The van der Waals surface area contributed by atoms with Gasteiger partial charge in [0.15, 0.2) is 5.78 Å². The minimum absolute atomic E-state index is 0.0567. The average molecular weight is 350 g/mol.